The van der Waals surface area contributed by atoms with E-state index < -0.39 is 0 Å². The van der Waals surface area contributed by atoms with Crippen molar-refractivity contribution in [2.24, 2.45) is 5.16 Å². The lowest BCUT2D eigenvalue weighted by molar-refractivity contribution is -0.137. The van der Waals surface area contributed by atoms with E-state index in [9.17, 15) is 9.18 Å². The minimum absolute atomic E-state index is 0.0136. The molecule has 0 fully saturated rings. The number of carbonyl (C=O) groups is 1. The van der Waals surface area contributed by atoms with Gasteiger partial charge in [-0.15, -0.1) is 0 Å². The van der Waals surface area contributed by atoms with E-state index in [0.717, 1.165) is 16.8 Å². The number of rotatable bonds is 7. The van der Waals surface area contributed by atoms with Crippen LogP contribution in [0.3, 0.4) is 0 Å². The van der Waals surface area contributed by atoms with Crippen molar-refractivity contribution in [2.75, 3.05) is 20.3 Å². The van der Waals surface area contributed by atoms with Crippen molar-refractivity contribution in [1.82, 2.24) is 4.90 Å². The smallest absolute Gasteiger partial charge is 0.248 e. The Hall–Kier alpha value is -2.73. The van der Waals surface area contributed by atoms with Crippen molar-refractivity contribution >= 4 is 11.6 Å². The van der Waals surface area contributed by atoms with Crippen LogP contribution in [-0.4, -0.2) is 42.9 Å². The Balaban J connectivity index is 1.64. The summed E-state index contributed by atoms with van der Waals surface area (Å²) in [5.74, 6) is -0.447. The van der Waals surface area contributed by atoms with E-state index in [4.69, 9.17) is 9.57 Å². The number of methoxy groups -OCH3 is 1. The number of benzene rings is 2. The number of ether oxygens (including phenoxy) is 1. The van der Waals surface area contributed by atoms with Crippen LogP contribution in [0.5, 0.6) is 0 Å². The van der Waals surface area contributed by atoms with Crippen LogP contribution in [0, 0.1) is 5.82 Å². The van der Waals surface area contributed by atoms with Crippen molar-refractivity contribution in [2.45, 2.75) is 19.1 Å². The molecule has 0 saturated heterocycles. The zero-order valence-corrected chi connectivity index (χ0v) is 14.6. The number of amides is 1. The minimum Gasteiger partial charge on any atom is -0.390 e. The lowest BCUT2D eigenvalue weighted by Gasteiger charge is -2.24. The highest BCUT2D eigenvalue weighted by atomic mass is 19.1. The molecule has 3 rings (SSSR count). The largest absolute Gasteiger partial charge is 0.390 e. The Labute approximate surface area is 152 Å². The molecule has 0 N–H and O–H groups in total. The van der Waals surface area contributed by atoms with Gasteiger partial charge in [-0.2, -0.15) is 0 Å². The second kappa shape index (κ2) is 8.58. The molecule has 2 aromatic carbocycles. The van der Waals surface area contributed by atoms with E-state index in [1.54, 1.807) is 17.0 Å². The maximum Gasteiger partial charge on any atom is 0.248 e. The Bertz CT molecular complexity index is 762. The first-order valence-corrected chi connectivity index (χ1v) is 8.45. The Morgan fingerprint density at radius 2 is 1.96 bits per heavy atom. The zero-order chi connectivity index (χ0) is 18.4. The van der Waals surface area contributed by atoms with Gasteiger partial charge in [0.1, 0.15) is 12.4 Å². The highest BCUT2D eigenvalue weighted by Crippen LogP contribution is 2.18. The molecule has 136 valence electrons. The number of carbonyl (C=O) groups excluding carboxylic acids is 1. The van der Waals surface area contributed by atoms with Crippen molar-refractivity contribution < 1.29 is 18.8 Å². The summed E-state index contributed by atoms with van der Waals surface area (Å²) in [6.07, 6.45) is 0.413. The SMILES string of the molecule is COCC(=O)N(Cc1ccc(F)cc1)C[C@H]1CC(c2ccccc2)=NO1. The summed E-state index contributed by atoms with van der Waals surface area (Å²) >= 11 is 0. The molecule has 0 radical (unpaired) electrons. The average molecular weight is 356 g/mol. The van der Waals surface area contributed by atoms with Gasteiger partial charge in [-0.1, -0.05) is 47.6 Å². The van der Waals surface area contributed by atoms with Crippen LogP contribution >= 0.6 is 0 Å². The molecule has 0 aromatic heterocycles. The number of hydrogen-bond acceptors (Lipinski definition) is 4. The summed E-state index contributed by atoms with van der Waals surface area (Å²) in [5.41, 5.74) is 2.73. The normalized spacial score (nSPS) is 16.1. The van der Waals surface area contributed by atoms with Crippen LogP contribution < -0.4 is 0 Å². The molecule has 0 aliphatic carbocycles. The molecule has 2 aromatic rings. The van der Waals surface area contributed by atoms with Gasteiger partial charge in [-0.25, -0.2) is 4.39 Å². The summed E-state index contributed by atoms with van der Waals surface area (Å²) in [4.78, 5) is 19.6. The second-order valence-electron chi connectivity index (χ2n) is 6.17. The first-order chi connectivity index (χ1) is 12.7. The van der Waals surface area contributed by atoms with Gasteiger partial charge in [0.2, 0.25) is 5.91 Å². The number of hydrogen-bond donors (Lipinski definition) is 0. The summed E-state index contributed by atoms with van der Waals surface area (Å²) in [6, 6.07) is 15.9. The van der Waals surface area contributed by atoms with E-state index in [0.29, 0.717) is 19.5 Å². The molecule has 26 heavy (non-hydrogen) atoms. The first-order valence-electron chi connectivity index (χ1n) is 8.45. The van der Waals surface area contributed by atoms with Crippen LogP contribution in [0.4, 0.5) is 4.39 Å². The highest BCUT2D eigenvalue weighted by Gasteiger charge is 2.26. The lowest BCUT2D eigenvalue weighted by atomic mass is 10.0. The van der Waals surface area contributed by atoms with Gasteiger partial charge in [0.15, 0.2) is 6.10 Å². The Morgan fingerprint density at radius 3 is 2.65 bits per heavy atom. The van der Waals surface area contributed by atoms with Gasteiger partial charge in [0.05, 0.1) is 12.3 Å². The van der Waals surface area contributed by atoms with E-state index in [-0.39, 0.29) is 24.4 Å². The molecule has 1 atom stereocenters. The summed E-state index contributed by atoms with van der Waals surface area (Å²) in [7, 11) is 1.48. The number of halogens is 1. The maximum absolute atomic E-state index is 13.1. The van der Waals surface area contributed by atoms with Crippen LogP contribution in [0.25, 0.3) is 0 Å². The molecule has 0 bridgehead atoms. The molecule has 1 amide bonds. The predicted octanol–water partition coefficient (Wildman–Crippen LogP) is 2.99. The maximum atomic E-state index is 13.1. The summed E-state index contributed by atoms with van der Waals surface area (Å²) < 4.78 is 18.1. The van der Waals surface area contributed by atoms with E-state index >= 15 is 0 Å². The second-order valence-corrected chi connectivity index (χ2v) is 6.17. The molecule has 5 nitrogen and oxygen atoms in total. The standard InChI is InChI=1S/C20H21FN2O3/c1-25-14-20(24)23(12-15-7-9-17(21)10-8-15)13-18-11-19(22-26-18)16-5-3-2-4-6-16/h2-10,18H,11-14H2,1H3/t18-/m1/s1. The first kappa shape index (κ1) is 18.1. The van der Waals surface area contributed by atoms with Gasteiger partial charge in [0.25, 0.3) is 0 Å². The van der Waals surface area contributed by atoms with Gasteiger partial charge >= 0.3 is 0 Å². The van der Waals surface area contributed by atoms with Gasteiger partial charge in [0, 0.05) is 20.1 Å². The van der Waals surface area contributed by atoms with Crippen molar-refractivity contribution in [3.05, 3.63) is 71.5 Å². The molecule has 1 heterocycles. The van der Waals surface area contributed by atoms with Crippen LogP contribution in [-0.2, 0) is 20.9 Å². The third-order valence-electron chi connectivity index (χ3n) is 4.17. The molecule has 1 aliphatic rings. The molecule has 6 heteroatoms. The molecular weight excluding hydrogens is 335 g/mol. The Kier molecular flexibility index (Phi) is 5.96. The molecule has 1 aliphatic heterocycles. The topological polar surface area (TPSA) is 51.1 Å². The number of nitrogens with zero attached hydrogens (tertiary/aromatic N) is 2. The molecule has 0 spiro atoms. The van der Waals surface area contributed by atoms with Crippen LogP contribution in [0.2, 0.25) is 0 Å². The third kappa shape index (κ3) is 4.67. The predicted molar refractivity (Wildman–Crippen MR) is 96.2 cm³/mol. The molecule has 0 saturated carbocycles. The molecule has 0 unspecified atom stereocenters. The summed E-state index contributed by atoms with van der Waals surface area (Å²) in [6.45, 7) is 0.739. The van der Waals surface area contributed by atoms with Crippen LogP contribution in [0.15, 0.2) is 59.8 Å². The Morgan fingerprint density at radius 1 is 1.23 bits per heavy atom. The van der Waals surface area contributed by atoms with E-state index in [2.05, 4.69) is 5.16 Å². The van der Waals surface area contributed by atoms with Crippen molar-refractivity contribution in [1.29, 1.82) is 0 Å². The third-order valence-corrected chi connectivity index (χ3v) is 4.17. The van der Waals surface area contributed by atoms with E-state index in [1.165, 1.54) is 19.2 Å². The molecular formula is C20H21FN2O3. The lowest BCUT2D eigenvalue weighted by Crippen LogP contribution is -2.39. The van der Waals surface area contributed by atoms with E-state index in [1.807, 2.05) is 30.3 Å². The quantitative estimate of drug-likeness (QED) is 0.766. The van der Waals surface area contributed by atoms with Crippen molar-refractivity contribution in [3.63, 3.8) is 0 Å². The minimum atomic E-state index is -0.302. The highest BCUT2D eigenvalue weighted by molar-refractivity contribution is 6.01. The fourth-order valence-electron chi connectivity index (χ4n) is 2.85. The monoisotopic (exact) mass is 356 g/mol. The zero-order valence-electron chi connectivity index (χ0n) is 14.6. The van der Waals surface area contributed by atoms with Gasteiger partial charge in [-0.3, -0.25) is 4.79 Å². The van der Waals surface area contributed by atoms with Gasteiger partial charge in [-0.05, 0) is 23.3 Å². The van der Waals surface area contributed by atoms with Crippen molar-refractivity contribution in [3.8, 4) is 0 Å². The number of oxime groups is 1. The fraction of sp³-hybridized carbons (Fsp3) is 0.300. The average Bonchev–Trinajstić information content (AvgIpc) is 3.12. The fourth-order valence-corrected chi connectivity index (χ4v) is 2.85. The summed E-state index contributed by atoms with van der Waals surface area (Å²) in [5, 5.41) is 4.16. The van der Waals surface area contributed by atoms with Crippen LogP contribution in [0.1, 0.15) is 17.5 Å². The van der Waals surface area contributed by atoms with Gasteiger partial charge < -0.3 is 14.5 Å².